The lowest BCUT2D eigenvalue weighted by atomic mass is 10.1. The largest absolute Gasteiger partial charge is 0.372 e. The molecule has 0 spiro atoms. The molecular formula is C18H22N4O. The van der Waals surface area contributed by atoms with Crippen molar-refractivity contribution in [2.45, 2.75) is 25.2 Å². The Hall–Kier alpha value is -1.98. The molecule has 1 aromatic heterocycles. The molecule has 5 heteroatoms. The number of piperazine rings is 1. The molecule has 2 aromatic rings. The van der Waals surface area contributed by atoms with Crippen LogP contribution in [0, 0.1) is 0 Å². The lowest BCUT2D eigenvalue weighted by Gasteiger charge is -2.37. The van der Waals surface area contributed by atoms with Crippen molar-refractivity contribution in [3.8, 4) is 0 Å². The van der Waals surface area contributed by atoms with Crippen molar-refractivity contribution in [3.05, 3.63) is 54.4 Å². The van der Waals surface area contributed by atoms with Crippen LogP contribution in [0.5, 0.6) is 0 Å². The van der Waals surface area contributed by atoms with Gasteiger partial charge in [-0.3, -0.25) is 4.90 Å². The molecule has 2 aliphatic rings. The van der Waals surface area contributed by atoms with E-state index in [1.165, 1.54) is 5.56 Å². The molecule has 0 bridgehead atoms. The van der Waals surface area contributed by atoms with Gasteiger partial charge in [0.25, 0.3) is 0 Å². The van der Waals surface area contributed by atoms with Crippen molar-refractivity contribution < 1.29 is 4.74 Å². The fourth-order valence-electron chi connectivity index (χ4n) is 3.54. The molecule has 23 heavy (non-hydrogen) atoms. The topological polar surface area (TPSA) is 41.5 Å². The highest BCUT2D eigenvalue weighted by Gasteiger charge is 2.37. The highest BCUT2D eigenvalue weighted by Crippen LogP contribution is 2.26. The molecule has 0 aliphatic carbocycles. The van der Waals surface area contributed by atoms with E-state index in [4.69, 9.17) is 4.74 Å². The van der Waals surface area contributed by atoms with E-state index in [0.717, 1.165) is 38.5 Å². The minimum atomic E-state index is 0.330. The fraction of sp³-hybridized carbons (Fsp3) is 0.444. The second-order valence-corrected chi connectivity index (χ2v) is 6.30. The Morgan fingerprint density at radius 3 is 2.65 bits per heavy atom. The van der Waals surface area contributed by atoms with E-state index in [9.17, 15) is 0 Å². The second-order valence-electron chi connectivity index (χ2n) is 6.30. The van der Waals surface area contributed by atoms with Crippen molar-refractivity contribution >= 4 is 5.95 Å². The minimum Gasteiger partial charge on any atom is -0.372 e. The van der Waals surface area contributed by atoms with Gasteiger partial charge in [-0.15, -0.1) is 0 Å². The summed E-state index contributed by atoms with van der Waals surface area (Å²) in [6, 6.07) is 12.8. The van der Waals surface area contributed by atoms with E-state index in [2.05, 4.69) is 44.0 Å². The fourth-order valence-corrected chi connectivity index (χ4v) is 3.54. The van der Waals surface area contributed by atoms with Crippen molar-refractivity contribution in [2.24, 2.45) is 0 Å². The first-order chi connectivity index (χ1) is 11.4. The van der Waals surface area contributed by atoms with Crippen molar-refractivity contribution in [1.82, 2.24) is 14.9 Å². The molecule has 4 rings (SSSR count). The molecular weight excluding hydrogens is 288 g/mol. The normalized spacial score (nSPS) is 24.6. The number of anilines is 1. The first kappa shape index (κ1) is 14.6. The predicted octanol–water partition coefficient (Wildman–Crippen LogP) is 1.96. The lowest BCUT2D eigenvalue weighted by molar-refractivity contribution is 0.0469. The van der Waals surface area contributed by atoms with Crippen LogP contribution >= 0.6 is 0 Å². The maximum Gasteiger partial charge on any atom is 0.225 e. The van der Waals surface area contributed by atoms with Gasteiger partial charge in [0, 0.05) is 44.6 Å². The van der Waals surface area contributed by atoms with Crippen LogP contribution in [0.1, 0.15) is 12.0 Å². The second kappa shape index (κ2) is 6.64. The molecule has 2 aliphatic heterocycles. The SMILES string of the molecule is c1ccc(CO[C@@H]2C[C@@H]3CN(c4ncccn4)CCN3C2)cc1. The summed E-state index contributed by atoms with van der Waals surface area (Å²) in [5, 5.41) is 0. The van der Waals surface area contributed by atoms with Crippen LogP contribution in [0.4, 0.5) is 5.95 Å². The molecule has 2 fully saturated rings. The third-order valence-corrected chi connectivity index (χ3v) is 4.74. The quantitative estimate of drug-likeness (QED) is 0.863. The van der Waals surface area contributed by atoms with Crippen molar-refractivity contribution in [2.75, 3.05) is 31.1 Å². The number of hydrogen-bond donors (Lipinski definition) is 0. The van der Waals surface area contributed by atoms with Crippen LogP contribution in [-0.2, 0) is 11.3 Å². The predicted molar refractivity (Wildman–Crippen MR) is 89.2 cm³/mol. The standard InChI is InChI=1S/C18H22N4O/c1-2-5-15(6-3-1)14-23-17-11-16-12-22(10-9-21(16)13-17)18-19-7-4-8-20-18/h1-8,16-17H,9-14H2/t16-,17-/m1/s1. The monoisotopic (exact) mass is 310 g/mol. The van der Waals surface area contributed by atoms with Gasteiger partial charge in [-0.05, 0) is 18.1 Å². The average Bonchev–Trinajstić information content (AvgIpc) is 3.04. The van der Waals surface area contributed by atoms with Crippen molar-refractivity contribution in [3.63, 3.8) is 0 Å². The molecule has 0 unspecified atom stereocenters. The Morgan fingerprint density at radius 2 is 1.83 bits per heavy atom. The highest BCUT2D eigenvalue weighted by atomic mass is 16.5. The van der Waals surface area contributed by atoms with E-state index >= 15 is 0 Å². The third kappa shape index (κ3) is 3.35. The molecule has 1 aromatic carbocycles. The van der Waals surface area contributed by atoms with Gasteiger partial charge in [0.2, 0.25) is 5.95 Å². The minimum absolute atomic E-state index is 0.330. The Morgan fingerprint density at radius 1 is 1.00 bits per heavy atom. The van der Waals surface area contributed by atoms with Gasteiger partial charge in [-0.25, -0.2) is 9.97 Å². The Labute approximate surface area is 136 Å². The van der Waals surface area contributed by atoms with Gasteiger partial charge in [-0.2, -0.15) is 0 Å². The molecule has 0 amide bonds. The van der Waals surface area contributed by atoms with Crippen molar-refractivity contribution in [1.29, 1.82) is 0 Å². The van der Waals surface area contributed by atoms with E-state index in [0.29, 0.717) is 18.8 Å². The third-order valence-electron chi connectivity index (χ3n) is 4.74. The molecule has 0 radical (unpaired) electrons. The zero-order valence-electron chi connectivity index (χ0n) is 13.2. The summed E-state index contributed by atoms with van der Waals surface area (Å²) in [7, 11) is 0. The van der Waals surface area contributed by atoms with Crippen LogP contribution in [0.25, 0.3) is 0 Å². The van der Waals surface area contributed by atoms with Gasteiger partial charge in [0.15, 0.2) is 0 Å². The van der Waals surface area contributed by atoms with Gasteiger partial charge in [-0.1, -0.05) is 30.3 Å². The summed E-state index contributed by atoms with van der Waals surface area (Å²) in [5.74, 6) is 0.848. The average molecular weight is 310 g/mol. The molecule has 5 nitrogen and oxygen atoms in total. The lowest BCUT2D eigenvalue weighted by Crippen LogP contribution is -2.50. The van der Waals surface area contributed by atoms with Gasteiger partial charge in [0.1, 0.15) is 0 Å². The zero-order chi connectivity index (χ0) is 15.5. The first-order valence-corrected chi connectivity index (χ1v) is 8.30. The first-order valence-electron chi connectivity index (χ1n) is 8.30. The van der Waals surface area contributed by atoms with Gasteiger partial charge < -0.3 is 9.64 Å². The molecule has 0 saturated carbocycles. The number of nitrogens with zero attached hydrogens (tertiary/aromatic N) is 4. The Bertz CT molecular complexity index is 621. The highest BCUT2D eigenvalue weighted by molar-refractivity contribution is 5.30. The maximum absolute atomic E-state index is 6.13. The molecule has 2 atom stereocenters. The van der Waals surface area contributed by atoms with Crippen LogP contribution in [0.3, 0.4) is 0 Å². The van der Waals surface area contributed by atoms with Crippen LogP contribution < -0.4 is 4.90 Å². The van der Waals surface area contributed by atoms with Crippen LogP contribution in [0.2, 0.25) is 0 Å². The number of benzene rings is 1. The Balaban J connectivity index is 1.33. The van der Waals surface area contributed by atoms with Crippen LogP contribution in [-0.4, -0.2) is 53.2 Å². The molecule has 0 N–H and O–H groups in total. The molecule has 3 heterocycles. The molecule has 120 valence electrons. The smallest absolute Gasteiger partial charge is 0.225 e. The van der Waals surface area contributed by atoms with E-state index < -0.39 is 0 Å². The summed E-state index contributed by atoms with van der Waals surface area (Å²) >= 11 is 0. The van der Waals surface area contributed by atoms with Gasteiger partial charge >= 0.3 is 0 Å². The number of rotatable bonds is 4. The maximum atomic E-state index is 6.13. The van der Waals surface area contributed by atoms with E-state index in [-0.39, 0.29) is 0 Å². The summed E-state index contributed by atoms with van der Waals surface area (Å²) in [6.07, 6.45) is 5.05. The van der Waals surface area contributed by atoms with Gasteiger partial charge in [0.05, 0.1) is 12.7 Å². The zero-order valence-corrected chi connectivity index (χ0v) is 13.2. The number of fused-ring (bicyclic) bond motifs is 1. The summed E-state index contributed by atoms with van der Waals surface area (Å²) in [4.78, 5) is 13.6. The number of hydrogen-bond acceptors (Lipinski definition) is 5. The number of aromatic nitrogens is 2. The molecule has 2 saturated heterocycles. The summed E-state index contributed by atoms with van der Waals surface area (Å²) < 4.78 is 6.13. The summed E-state index contributed by atoms with van der Waals surface area (Å²) in [5.41, 5.74) is 1.25. The summed E-state index contributed by atoms with van der Waals surface area (Å²) in [6.45, 7) is 4.80. The van der Waals surface area contributed by atoms with Crippen LogP contribution in [0.15, 0.2) is 48.8 Å². The Kier molecular flexibility index (Phi) is 4.22. The van der Waals surface area contributed by atoms with E-state index in [1.54, 1.807) is 0 Å². The number of ether oxygens (including phenoxy) is 1. The van der Waals surface area contributed by atoms with E-state index in [1.807, 2.05) is 24.5 Å².